The number of carbonyl (C=O) groups excluding carboxylic acids is 1. The molecule has 2 rings (SSSR count). The van der Waals surface area contributed by atoms with E-state index < -0.39 is 25.7 Å². The minimum atomic E-state index is -4.16. The lowest BCUT2D eigenvalue weighted by atomic mass is 10.2. The normalized spacial score (nSPS) is 11.2. The van der Waals surface area contributed by atoms with Crippen LogP contribution in [0.5, 0.6) is 0 Å². The number of amides is 1. The van der Waals surface area contributed by atoms with Gasteiger partial charge in [-0.1, -0.05) is 0 Å². The minimum Gasteiger partial charge on any atom is -0.322 e. The van der Waals surface area contributed by atoms with Crippen LogP contribution in [0.15, 0.2) is 41.6 Å². The van der Waals surface area contributed by atoms with Crippen LogP contribution in [0, 0.1) is 12.7 Å². The lowest BCUT2D eigenvalue weighted by Gasteiger charge is -2.07. The molecule has 0 spiro atoms. The molecule has 8 heteroatoms. The van der Waals surface area contributed by atoms with Crippen molar-refractivity contribution in [2.45, 2.75) is 11.8 Å². The molecular formula is C13H10ClFN2O3S. The largest absolute Gasteiger partial charge is 0.322 e. The van der Waals surface area contributed by atoms with Crippen molar-refractivity contribution in [2.75, 3.05) is 5.32 Å². The summed E-state index contributed by atoms with van der Waals surface area (Å²) in [6, 6.07) is 4.74. The van der Waals surface area contributed by atoms with Crippen LogP contribution >= 0.6 is 10.7 Å². The fraction of sp³-hybridized carbons (Fsp3) is 0.0769. The summed E-state index contributed by atoms with van der Waals surface area (Å²) in [5.74, 6) is -1.52. The summed E-state index contributed by atoms with van der Waals surface area (Å²) in [6.07, 6.45) is 2.97. The molecule has 1 amide bonds. The highest BCUT2D eigenvalue weighted by Crippen LogP contribution is 2.22. The van der Waals surface area contributed by atoms with Crippen molar-refractivity contribution in [1.82, 2.24) is 4.98 Å². The molecule has 0 saturated heterocycles. The van der Waals surface area contributed by atoms with Gasteiger partial charge in [0.15, 0.2) is 0 Å². The van der Waals surface area contributed by atoms with E-state index in [-0.39, 0.29) is 5.69 Å². The van der Waals surface area contributed by atoms with E-state index in [0.717, 1.165) is 17.7 Å². The first-order valence-corrected chi connectivity index (χ1v) is 8.05. The first-order chi connectivity index (χ1) is 9.77. The second-order valence-electron chi connectivity index (χ2n) is 4.29. The summed E-state index contributed by atoms with van der Waals surface area (Å²) in [4.78, 5) is 15.2. The van der Waals surface area contributed by atoms with Gasteiger partial charge in [0.25, 0.3) is 15.0 Å². The van der Waals surface area contributed by atoms with Gasteiger partial charge in [-0.25, -0.2) is 12.8 Å². The maximum absolute atomic E-state index is 13.6. The molecule has 110 valence electrons. The van der Waals surface area contributed by atoms with Crippen molar-refractivity contribution in [3.8, 4) is 0 Å². The van der Waals surface area contributed by atoms with E-state index in [9.17, 15) is 17.6 Å². The number of halogens is 2. The monoisotopic (exact) mass is 328 g/mol. The number of aromatic nitrogens is 1. The molecule has 0 radical (unpaired) electrons. The Morgan fingerprint density at radius 3 is 2.57 bits per heavy atom. The van der Waals surface area contributed by atoms with Gasteiger partial charge in [-0.2, -0.15) is 0 Å². The van der Waals surface area contributed by atoms with E-state index in [2.05, 4.69) is 10.3 Å². The second kappa shape index (κ2) is 5.79. The van der Waals surface area contributed by atoms with Gasteiger partial charge >= 0.3 is 0 Å². The molecular weight excluding hydrogens is 319 g/mol. The first kappa shape index (κ1) is 15.4. The average molecular weight is 329 g/mol. The summed E-state index contributed by atoms with van der Waals surface area (Å²) in [5.41, 5.74) is 1.23. The van der Waals surface area contributed by atoms with Gasteiger partial charge in [0, 0.05) is 28.8 Å². The standard InChI is InChI=1S/C13H10ClFN2O3S/c1-8-4-9(7-16-6-8)13(18)17-10-2-3-12(11(15)5-10)21(14,19)20/h2-7H,1H3,(H,17,18). The number of rotatable bonds is 3. The molecule has 0 aliphatic heterocycles. The summed E-state index contributed by atoms with van der Waals surface area (Å²) in [6.45, 7) is 1.78. The molecule has 2 aromatic rings. The van der Waals surface area contributed by atoms with E-state index in [4.69, 9.17) is 10.7 Å². The van der Waals surface area contributed by atoms with Gasteiger partial charge in [0.2, 0.25) is 0 Å². The molecule has 0 aliphatic carbocycles. The number of benzene rings is 1. The number of aryl methyl sites for hydroxylation is 1. The van der Waals surface area contributed by atoms with Crippen molar-refractivity contribution in [1.29, 1.82) is 0 Å². The van der Waals surface area contributed by atoms with Crippen molar-refractivity contribution in [2.24, 2.45) is 0 Å². The molecule has 1 heterocycles. The summed E-state index contributed by atoms with van der Waals surface area (Å²) in [7, 11) is 0.910. The first-order valence-electron chi connectivity index (χ1n) is 5.74. The van der Waals surface area contributed by atoms with E-state index >= 15 is 0 Å². The predicted molar refractivity (Wildman–Crippen MR) is 76.4 cm³/mol. The molecule has 1 aromatic heterocycles. The molecule has 0 atom stereocenters. The number of nitrogens with one attached hydrogen (secondary N) is 1. The second-order valence-corrected chi connectivity index (χ2v) is 6.82. The van der Waals surface area contributed by atoms with E-state index in [1.54, 1.807) is 19.2 Å². The lowest BCUT2D eigenvalue weighted by molar-refractivity contribution is 0.102. The number of carbonyl (C=O) groups is 1. The maximum Gasteiger partial charge on any atom is 0.264 e. The summed E-state index contributed by atoms with van der Waals surface area (Å²) >= 11 is 0. The van der Waals surface area contributed by atoms with Crippen LogP contribution in [0.2, 0.25) is 0 Å². The van der Waals surface area contributed by atoms with Crippen LogP contribution in [-0.4, -0.2) is 19.3 Å². The Balaban J connectivity index is 2.25. The fourth-order valence-electron chi connectivity index (χ4n) is 1.66. The predicted octanol–water partition coefficient (Wildman–Crippen LogP) is 2.71. The molecule has 0 aliphatic rings. The zero-order valence-corrected chi connectivity index (χ0v) is 12.4. The van der Waals surface area contributed by atoms with E-state index in [1.807, 2.05) is 0 Å². The third kappa shape index (κ3) is 3.77. The third-order valence-corrected chi connectivity index (χ3v) is 3.94. The number of pyridine rings is 1. The quantitative estimate of drug-likeness (QED) is 0.879. The zero-order chi connectivity index (χ0) is 15.6. The molecule has 1 aromatic carbocycles. The third-order valence-electron chi connectivity index (χ3n) is 2.59. The van der Waals surface area contributed by atoms with Gasteiger partial charge in [0.05, 0.1) is 5.56 Å². The van der Waals surface area contributed by atoms with Crippen LogP contribution < -0.4 is 5.32 Å². The number of hydrogen-bond donors (Lipinski definition) is 1. The SMILES string of the molecule is Cc1cncc(C(=O)Nc2ccc(S(=O)(=O)Cl)c(F)c2)c1. The number of hydrogen-bond acceptors (Lipinski definition) is 4. The number of anilines is 1. The Labute approximate surface area is 125 Å². The van der Waals surface area contributed by atoms with Crippen molar-refractivity contribution in [3.05, 3.63) is 53.6 Å². The molecule has 0 unspecified atom stereocenters. The van der Waals surface area contributed by atoms with E-state index in [1.165, 1.54) is 12.3 Å². The van der Waals surface area contributed by atoms with Crippen molar-refractivity contribution < 1.29 is 17.6 Å². The highest BCUT2D eigenvalue weighted by molar-refractivity contribution is 8.13. The summed E-state index contributed by atoms with van der Waals surface area (Å²) in [5, 5.41) is 2.45. The Morgan fingerprint density at radius 2 is 2.00 bits per heavy atom. The topological polar surface area (TPSA) is 76.1 Å². The molecule has 5 nitrogen and oxygen atoms in total. The van der Waals surface area contributed by atoms with Crippen LogP contribution in [0.4, 0.5) is 10.1 Å². The fourth-order valence-corrected chi connectivity index (χ4v) is 2.56. The van der Waals surface area contributed by atoms with Crippen molar-refractivity contribution >= 4 is 31.3 Å². The summed E-state index contributed by atoms with van der Waals surface area (Å²) < 4.78 is 35.8. The van der Waals surface area contributed by atoms with Crippen LogP contribution in [0.25, 0.3) is 0 Å². The van der Waals surface area contributed by atoms with Gasteiger partial charge in [-0.15, -0.1) is 0 Å². The van der Waals surface area contributed by atoms with E-state index in [0.29, 0.717) is 5.56 Å². The van der Waals surface area contributed by atoms with Gasteiger partial charge in [-0.05, 0) is 36.8 Å². The van der Waals surface area contributed by atoms with Gasteiger partial charge in [0.1, 0.15) is 10.7 Å². The molecule has 0 fully saturated rings. The Hall–Kier alpha value is -1.99. The van der Waals surface area contributed by atoms with Crippen molar-refractivity contribution in [3.63, 3.8) is 0 Å². The average Bonchev–Trinajstić information content (AvgIpc) is 2.37. The smallest absolute Gasteiger partial charge is 0.264 e. The highest BCUT2D eigenvalue weighted by atomic mass is 35.7. The lowest BCUT2D eigenvalue weighted by Crippen LogP contribution is -2.12. The van der Waals surface area contributed by atoms with Crippen LogP contribution in [0.3, 0.4) is 0 Å². The molecule has 0 saturated carbocycles. The molecule has 0 bridgehead atoms. The Kier molecular flexibility index (Phi) is 4.24. The molecule has 1 N–H and O–H groups in total. The van der Waals surface area contributed by atoms with Gasteiger partial charge < -0.3 is 5.32 Å². The van der Waals surface area contributed by atoms with Crippen LogP contribution in [-0.2, 0) is 9.05 Å². The van der Waals surface area contributed by atoms with Crippen LogP contribution in [0.1, 0.15) is 15.9 Å². The number of nitrogens with zero attached hydrogens (tertiary/aromatic N) is 1. The van der Waals surface area contributed by atoms with Gasteiger partial charge in [-0.3, -0.25) is 9.78 Å². The molecule has 21 heavy (non-hydrogen) atoms. The maximum atomic E-state index is 13.6. The zero-order valence-electron chi connectivity index (χ0n) is 10.8. The highest BCUT2D eigenvalue weighted by Gasteiger charge is 2.17. The minimum absolute atomic E-state index is 0.114. The Bertz CT molecular complexity index is 809. The Morgan fingerprint density at radius 1 is 1.29 bits per heavy atom.